The molecular weight excluding hydrogens is 785 g/mol. The zero-order chi connectivity index (χ0) is 42.5. The van der Waals surface area contributed by atoms with Crippen LogP contribution in [0.25, 0.3) is 45.3 Å². The predicted octanol–water partition coefficient (Wildman–Crippen LogP) is 14.6. The normalized spacial score (nSPS) is 14.2. The number of hydrogen-bond donors (Lipinski definition) is 0. The minimum absolute atomic E-state index is 0.562. The van der Waals surface area contributed by atoms with Gasteiger partial charge in [0.2, 0.25) is 0 Å². The largest absolute Gasteiger partial charge is 0.457 e. The van der Waals surface area contributed by atoms with Crippen LogP contribution in [0.1, 0.15) is 22.3 Å². The van der Waals surface area contributed by atoms with E-state index < -0.39 is 5.41 Å². The number of nitrogens with zero attached hydrogens (tertiary/aromatic N) is 4. The van der Waals surface area contributed by atoms with Gasteiger partial charge in [-0.25, -0.2) is 15.0 Å². The van der Waals surface area contributed by atoms with Gasteiger partial charge in [-0.1, -0.05) is 158 Å². The van der Waals surface area contributed by atoms with Crippen LogP contribution in [0.4, 0.5) is 17.1 Å². The van der Waals surface area contributed by atoms with Crippen LogP contribution in [0, 0.1) is 0 Å². The van der Waals surface area contributed by atoms with Gasteiger partial charge in [0.05, 0.1) is 5.41 Å². The van der Waals surface area contributed by atoms with Crippen molar-refractivity contribution in [2.75, 3.05) is 4.90 Å². The van der Waals surface area contributed by atoms with Gasteiger partial charge in [0.15, 0.2) is 17.5 Å². The average Bonchev–Trinajstić information content (AvgIpc) is 3.37. The van der Waals surface area contributed by atoms with Crippen molar-refractivity contribution in [2.24, 2.45) is 0 Å². The van der Waals surface area contributed by atoms with Gasteiger partial charge in [0, 0.05) is 56.0 Å². The van der Waals surface area contributed by atoms with Gasteiger partial charge < -0.3 is 14.4 Å². The van der Waals surface area contributed by atoms with Gasteiger partial charge in [-0.3, -0.25) is 0 Å². The van der Waals surface area contributed by atoms with Crippen LogP contribution in [0.15, 0.2) is 231 Å². The molecule has 1 aromatic heterocycles. The highest BCUT2D eigenvalue weighted by Gasteiger charge is 2.51. The minimum Gasteiger partial charge on any atom is -0.457 e. The van der Waals surface area contributed by atoms with Gasteiger partial charge in [0.25, 0.3) is 0 Å². The van der Waals surface area contributed by atoms with Gasteiger partial charge in [0.1, 0.15) is 23.0 Å². The summed E-state index contributed by atoms with van der Waals surface area (Å²) in [6.45, 7) is 0. The van der Waals surface area contributed by atoms with E-state index in [4.69, 9.17) is 24.4 Å². The van der Waals surface area contributed by atoms with Gasteiger partial charge >= 0.3 is 0 Å². The molecule has 1 spiro atoms. The number of anilines is 3. The van der Waals surface area contributed by atoms with Crippen molar-refractivity contribution >= 4 is 17.1 Å². The second-order valence-electron chi connectivity index (χ2n) is 16.0. The van der Waals surface area contributed by atoms with Crippen molar-refractivity contribution in [3.63, 3.8) is 0 Å². The Labute approximate surface area is 371 Å². The Morgan fingerprint density at radius 3 is 1.30 bits per heavy atom. The third kappa shape index (κ3) is 6.23. The van der Waals surface area contributed by atoms with Crippen LogP contribution in [-0.4, -0.2) is 15.0 Å². The van der Waals surface area contributed by atoms with E-state index in [-0.39, 0.29) is 0 Å². The van der Waals surface area contributed by atoms with E-state index in [0.717, 1.165) is 90.1 Å². The van der Waals surface area contributed by atoms with Crippen LogP contribution in [0.3, 0.4) is 0 Å². The van der Waals surface area contributed by atoms with Gasteiger partial charge in [-0.15, -0.1) is 0 Å². The van der Waals surface area contributed by atoms with E-state index in [0.29, 0.717) is 17.5 Å². The summed E-state index contributed by atoms with van der Waals surface area (Å²) in [5, 5.41) is 0. The molecule has 64 heavy (non-hydrogen) atoms. The average molecular weight is 823 g/mol. The first kappa shape index (κ1) is 37.2. The lowest BCUT2D eigenvalue weighted by molar-refractivity contribution is 0.399. The fourth-order valence-electron chi connectivity index (χ4n) is 9.35. The van der Waals surface area contributed by atoms with Crippen LogP contribution >= 0.6 is 0 Å². The van der Waals surface area contributed by atoms with Crippen molar-refractivity contribution < 1.29 is 9.47 Å². The molecule has 0 saturated carbocycles. The Hall–Kier alpha value is -8.61. The molecule has 6 nitrogen and oxygen atoms in total. The molecule has 0 amide bonds. The number of fused-ring (bicyclic) bond motifs is 8. The third-order valence-electron chi connectivity index (χ3n) is 12.2. The molecule has 0 N–H and O–H groups in total. The summed E-state index contributed by atoms with van der Waals surface area (Å²) in [4.78, 5) is 17.6. The van der Waals surface area contributed by atoms with Crippen LogP contribution in [-0.2, 0) is 5.41 Å². The molecule has 2 aliphatic heterocycles. The van der Waals surface area contributed by atoms with Crippen molar-refractivity contribution in [1.29, 1.82) is 0 Å². The number of rotatable bonds is 7. The van der Waals surface area contributed by atoms with E-state index >= 15 is 0 Å². The monoisotopic (exact) mass is 822 g/mol. The van der Waals surface area contributed by atoms with Crippen LogP contribution < -0.4 is 14.4 Å². The number of aromatic nitrogens is 3. The molecule has 0 fully saturated rings. The molecule has 1 atom stereocenters. The van der Waals surface area contributed by atoms with Crippen LogP contribution in [0.2, 0.25) is 0 Å². The Morgan fingerprint density at radius 2 is 0.703 bits per heavy atom. The summed E-state index contributed by atoms with van der Waals surface area (Å²) in [6, 6.07) is 79.6. The second-order valence-corrected chi connectivity index (χ2v) is 16.0. The summed E-state index contributed by atoms with van der Waals surface area (Å²) in [5.41, 5.74) is 11.1. The molecule has 12 rings (SSSR count). The minimum atomic E-state index is -0.883. The topological polar surface area (TPSA) is 60.4 Å². The zero-order valence-corrected chi connectivity index (χ0v) is 34.5. The van der Waals surface area contributed by atoms with E-state index in [9.17, 15) is 0 Å². The molecule has 2 aliphatic rings. The maximum Gasteiger partial charge on any atom is 0.164 e. The predicted molar refractivity (Wildman–Crippen MR) is 255 cm³/mol. The number of hydrogen-bond acceptors (Lipinski definition) is 6. The van der Waals surface area contributed by atoms with Gasteiger partial charge in [-0.2, -0.15) is 0 Å². The summed E-state index contributed by atoms with van der Waals surface area (Å²) < 4.78 is 13.8. The Balaban J connectivity index is 1.11. The first-order valence-corrected chi connectivity index (χ1v) is 21.4. The standard InChI is InChI=1S/C58H38N4O2/c1-5-18-39(19-6-1)42-24-17-27-45(36-42)62(44-25-11-4-12-26-44)46-33-35-54-50(38-46)58(48-29-14-16-31-52(48)64-54)47-28-13-15-30-51(47)63-53-34-32-43(37-49(53)58)57-60-55(40-20-7-2-8-21-40)59-56(61-57)41-22-9-3-10-23-41/h1-38H. The number of benzene rings is 9. The van der Waals surface area contributed by atoms with E-state index in [1.165, 1.54) is 0 Å². The molecule has 0 bridgehead atoms. The highest BCUT2D eigenvalue weighted by molar-refractivity contribution is 5.84. The second kappa shape index (κ2) is 15.4. The first-order chi connectivity index (χ1) is 31.7. The van der Waals surface area contributed by atoms with E-state index in [2.05, 4.69) is 163 Å². The van der Waals surface area contributed by atoms with E-state index in [1.54, 1.807) is 0 Å². The van der Waals surface area contributed by atoms with Gasteiger partial charge in [-0.05, 0) is 83.9 Å². The highest BCUT2D eigenvalue weighted by atomic mass is 16.5. The zero-order valence-electron chi connectivity index (χ0n) is 34.5. The Morgan fingerprint density at radius 1 is 0.281 bits per heavy atom. The lowest BCUT2D eigenvalue weighted by Gasteiger charge is -2.45. The smallest absolute Gasteiger partial charge is 0.164 e. The van der Waals surface area contributed by atoms with E-state index in [1.807, 2.05) is 72.8 Å². The maximum absolute atomic E-state index is 6.91. The maximum atomic E-state index is 6.91. The summed E-state index contributed by atoms with van der Waals surface area (Å²) >= 11 is 0. The molecule has 0 radical (unpaired) electrons. The lowest BCUT2D eigenvalue weighted by Crippen LogP contribution is -2.37. The SMILES string of the molecule is c1ccc(-c2cccc(N(c3ccccc3)c3ccc4c(c3)C3(c5ccccc5Oc5ccc(-c6nc(-c7ccccc7)nc(-c7ccccc7)n6)cc53)c3ccccc3O4)c2)cc1. The molecule has 6 heteroatoms. The molecule has 9 aromatic carbocycles. The quantitative estimate of drug-likeness (QED) is 0.160. The molecule has 0 aliphatic carbocycles. The van der Waals surface area contributed by atoms with Crippen molar-refractivity contribution in [1.82, 2.24) is 15.0 Å². The van der Waals surface area contributed by atoms with Crippen molar-refractivity contribution in [2.45, 2.75) is 5.41 Å². The summed E-state index contributed by atoms with van der Waals surface area (Å²) in [5.74, 6) is 4.83. The number of ether oxygens (including phenoxy) is 2. The van der Waals surface area contributed by atoms with Crippen LogP contribution in [0.5, 0.6) is 23.0 Å². The molecule has 1 unspecified atom stereocenters. The lowest BCUT2D eigenvalue weighted by atomic mass is 9.62. The van der Waals surface area contributed by atoms with Crippen molar-refractivity contribution in [3.8, 4) is 68.3 Å². The summed E-state index contributed by atoms with van der Waals surface area (Å²) in [7, 11) is 0. The van der Waals surface area contributed by atoms with Crippen molar-refractivity contribution in [3.05, 3.63) is 253 Å². The molecule has 0 saturated heterocycles. The molecule has 3 heterocycles. The third-order valence-corrected chi connectivity index (χ3v) is 12.2. The first-order valence-electron chi connectivity index (χ1n) is 21.4. The Bertz CT molecular complexity index is 3240. The summed E-state index contributed by atoms with van der Waals surface area (Å²) in [6.07, 6.45) is 0. The fourth-order valence-corrected chi connectivity index (χ4v) is 9.35. The Kier molecular flexibility index (Phi) is 8.94. The molecule has 10 aromatic rings. The molecule has 302 valence electrons. The molecular formula is C58H38N4O2. The number of para-hydroxylation sites is 3. The highest BCUT2D eigenvalue weighted by Crippen LogP contribution is 2.62. The fraction of sp³-hybridized carbons (Fsp3) is 0.0172.